The highest BCUT2D eigenvalue weighted by molar-refractivity contribution is 7.14. The number of halogens is 1. The van der Waals surface area contributed by atoms with Crippen molar-refractivity contribution in [3.63, 3.8) is 0 Å². The van der Waals surface area contributed by atoms with Crippen molar-refractivity contribution >= 4 is 28.2 Å². The number of carbonyl (C=O) groups is 2. The van der Waals surface area contributed by atoms with Crippen LogP contribution in [0.4, 0.5) is 9.52 Å². The third-order valence-corrected chi connectivity index (χ3v) is 2.83. The summed E-state index contributed by atoms with van der Waals surface area (Å²) in [5, 5.41) is 4.32. The molecule has 2 heterocycles. The number of aromatic nitrogens is 2. The lowest BCUT2D eigenvalue weighted by Gasteiger charge is -2.00. The molecule has 5 nitrogen and oxygen atoms in total. The van der Waals surface area contributed by atoms with Crippen molar-refractivity contribution in [2.45, 2.75) is 6.92 Å². The molecule has 0 saturated carbocycles. The van der Waals surface area contributed by atoms with E-state index in [4.69, 9.17) is 0 Å². The molecule has 0 aliphatic heterocycles. The summed E-state index contributed by atoms with van der Waals surface area (Å²) in [5.74, 6) is -1.41. The molecule has 0 saturated heterocycles. The van der Waals surface area contributed by atoms with Gasteiger partial charge in [0.2, 0.25) is 5.95 Å². The fourth-order valence-corrected chi connectivity index (χ4v) is 1.95. The summed E-state index contributed by atoms with van der Waals surface area (Å²) in [6, 6.07) is 2.41. The van der Waals surface area contributed by atoms with Gasteiger partial charge >= 0.3 is 0 Å². The molecule has 0 spiro atoms. The van der Waals surface area contributed by atoms with Crippen LogP contribution in [0.5, 0.6) is 0 Å². The Bertz CT molecular complexity index is 612. The minimum absolute atomic E-state index is 0.141. The van der Waals surface area contributed by atoms with Crippen molar-refractivity contribution in [2.24, 2.45) is 0 Å². The number of thiazole rings is 1. The van der Waals surface area contributed by atoms with Crippen LogP contribution in [0.2, 0.25) is 0 Å². The van der Waals surface area contributed by atoms with Crippen molar-refractivity contribution < 1.29 is 14.0 Å². The molecule has 0 atom stereocenters. The summed E-state index contributed by atoms with van der Waals surface area (Å²) in [5.41, 5.74) is 0.429. The average molecular weight is 265 g/mol. The number of nitrogens with zero attached hydrogens (tertiary/aromatic N) is 2. The quantitative estimate of drug-likeness (QED) is 0.681. The molecule has 0 radical (unpaired) electrons. The van der Waals surface area contributed by atoms with Gasteiger partial charge in [-0.2, -0.15) is 4.39 Å². The van der Waals surface area contributed by atoms with Gasteiger partial charge in [0.25, 0.3) is 5.91 Å². The van der Waals surface area contributed by atoms with Gasteiger partial charge in [-0.3, -0.25) is 14.9 Å². The van der Waals surface area contributed by atoms with Crippen LogP contribution >= 0.6 is 11.3 Å². The van der Waals surface area contributed by atoms with Gasteiger partial charge in [-0.25, -0.2) is 9.97 Å². The number of pyridine rings is 1. The highest BCUT2D eigenvalue weighted by Gasteiger charge is 2.11. The molecular formula is C11H8FN3O2S. The third kappa shape index (κ3) is 2.75. The number of amides is 1. The first-order valence-electron chi connectivity index (χ1n) is 4.95. The summed E-state index contributed by atoms with van der Waals surface area (Å²) in [7, 11) is 0. The van der Waals surface area contributed by atoms with Gasteiger partial charge in [-0.15, -0.1) is 11.3 Å². The molecule has 1 amide bonds. The van der Waals surface area contributed by atoms with E-state index in [1.807, 2.05) is 0 Å². The number of ketones is 1. The Morgan fingerprint density at radius 2 is 2.22 bits per heavy atom. The van der Waals surface area contributed by atoms with Crippen molar-refractivity contribution in [1.82, 2.24) is 9.97 Å². The summed E-state index contributed by atoms with van der Waals surface area (Å²) in [6.45, 7) is 1.39. The number of Topliss-reactive ketones (excluding diaryl/α,β-unsaturated/α-hetero) is 1. The minimum atomic E-state index is -0.730. The third-order valence-electron chi connectivity index (χ3n) is 2.07. The van der Waals surface area contributed by atoms with Crippen LogP contribution < -0.4 is 5.32 Å². The first-order chi connectivity index (χ1) is 8.56. The highest BCUT2D eigenvalue weighted by Crippen LogP contribution is 2.16. The Morgan fingerprint density at radius 3 is 2.83 bits per heavy atom. The molecule has 0 bridgehead atoms. The zero-order valence-corrected chi connectivity index (χ0v) is 10.1. The van der Waals surface area contributed by atoms with E-state index in [1.165, 1.54) is 19.2 Å². The lowest BCUT2D eigenvalue weighted by molar-refractivity contribution is 0.100. The van der Waals surface area contributed by atoms with E-state index in [0.29, 0.717) is 5.13 Å². The topological polar surface area (TPSA) is 72.0 Å². The van der Waals surface area contributed by atoms with Gasteiger partial charge in [0.1, 0.15) is 5.69 Å². The van der Waals surface area contributed by atoms with Crippen LogP contribution in [-0.4, -0.2) is 21.7 Å². The molecule has 92 valence electrons. The van der Waals surface area contributed by atoms with E-state index in [9.17, 15) is 14.0 Å². The van der Waals surface area contributed by atoms with Crippen molar-refractivity contribution in [3.05, 3.63) is 40.9 Å². The zero-order valence-electron chi connectivity index (χ0n) is 9.31. The molecule has 2 aromatic heterocycles. The fourth-order valence-electron chi connectivity index (χ4n) is 1.21. The number of rotatable bonds is 3. The van der Waals surface area contributed by atoms with Gasteiger partial charge in [-0.1, -0.05) is 0 Å². The monoisotopic (exact) mass is 265 g/mol. The van der Waals surface area contributed by atoms with Gasteiger partial charge in [0.15, 0.2) is 10.9 Å². The van der Waals surface area contributed by atoms with E-state index in [0.717, 1.165) is 17.4 Å². The maximum atomic E-state index is 12.8. The predicted molar refractivity (Wildman–Crippen MR) is 64.3 cm³/mol. The van der Waals surface area contributed by atoms with Gasteiger partial charge in [-0.05, 0) is 6.07 Å². The Kier molecular flexibility index (Phi) is 3.42. The molecule has 1 N–H and O–H groups in total. The molecule has 18 heavy (non-hydrogen) atoms. The molecule has 0 fully saturated rings. The standard InChI is InChI=1S/C11H8FN3O2S/c1-6(16)8-5-18-11(14-8)15-10(17)7-2-3-13-9(12)4-7/h2-5H,1H3,(H,14,15,17). The van der Waals surface area contributed by atoms with Crippen LogP contribution in [0.1, 0.15) is 27.8 Å². The maximum absolute atomic E-state index is 12.8. The van der Waals surface area contributed by atoms with Crippen LogP contribution in [0.3, 0.4) is 0 Å². The number of nitrogens with one attached hydrogen (secondary N) is 1. The molecule has 2 aromatic rings. The Hall–Kier alpha value is -2.15. The van der Waals surface area contributed by atoms with E-state index in [-0.39, 0.29) is 17.0 Å². The van der Waals surface area contributed by atoms with E-state index in [2.05, 4.69) is 15.3 Å². The molecule has 0 aliphatic rings. The summed E-state index contributed by atoms with van der Waals surface area (Å²) in [4.78, 5) is 30.0. The molecule has 0 unspecified atom stereocenters. The molecule has 2 rings (SSSR count). The van der Waals surface area contributed by atoms with Gasteiger partial charge < -0.3 is 0 Å². The Labute approximate surface area is 106 Å². The van der Waals surface area contributed by atoms with Crippen LogP contribution in [0, 0.1) is 5.95 Å². The van der Waals surface area contributed by atoms with Crippen LogP contribution in [0.15, 0.2) is 23.7 Å². The SMILES string of the molecule is CC(=O)c1csc(NC(=O)c2ccnc(F)c2)n1. The minimum Gasteiger partial charge on any atom is -0.298 e. The fraction of sp³-hybridized carbons (Fsp3) is 0.0909. The van der Waals surface area contributed by atoms with E-state index in [1.54, 1.807) is 5.38 Å². The normalized spacial score (nSPS) is 10.1. The summed E-state index contributed by atoms with van der Waals surface area (Å²) < 4.78 is 12.8. The predicted octanol–water partition coefficient (Wildman–Crippen LogP) is 2.13. The molecule has 0 aromatic carbocycles. The maximum Gasteiger partial charge on any atom is 0.257 e. The average Bonchev–Trinajstić information content (AvgIpc) is 2.77. The number of carbonyl (C=O) groups excluding carboxylic acids is 2. The lowest BCUT2D eigenvalue weighted by atomic mass is 10.2. The second-order valence-electron chi connectivity index (χ2n) is 3.42. The number of anilines is 1. The first-order valence-corrected chi connectivity index (χ1v) is 5.83. The first kappa shape index (κ1) is 12.3. The summed E-state index contributed by atoms with van der Waals surface area (Å²) >= 11 is 1.13. The molecule has 0 aliphatic carbocycles. The van der Waals surface area contributed by atoms with Gasteiger partial charge in [0.05, 0.1) is 0 Å². The van der Waals surface area contributed by atoms with Crippen LogP contribution in [-0.2, 0) is 0 Å². The zero-order chi connectivity index (χ0) is 13.1. The largest absolute Gasteiger partial charge is 0.298 e. The van der Waals surface area contributed by atoms with Gasteiger partial charge in [0, 0.05) is 30.1 Å². The lowest BCUT2D eigenvalue weighted by Crippen LogP contribution is -2.12. The second kappa shape index (κ2) is 5.01. The van der Waals surface area contributed by atoms with Crippen molar-refractivity contribution in [2.75, 3.05) is 5.32 Å². The van der Waals surface area contributed by atoms with Crippen molar-refractivity contribution in [3.8, 4) is 0 Å². The summed E-state index contributed by atoms with van der Waals surface area (Å²) in [6.07, 6.45) is 1.20. The highest BCUT2D eigenvalue weighted by atomic mass is 32.1. The van der Waals surface area contributed by atoms with E-state index < -0.39 is 11.9 Å². The second-order valence-corrected chi connectivity index (χ2v) is 4.27. The van der Waals surface area contributed by atoms with E-state index >= 15 is 0 Å². The molecule has 7 heteroatoms. The smallest absolute Gasteiger partial charge is 0.257 e. The van der Waals surface area contributed by atoms with Crippen LogP contribution in [0.25, 0.3) is 0 Å². The molecular weight excluding hydrogens is 257 g/mol. The number of hydrogen-bond donors (Lipinski definition) is 1. The Balaban J connectivity index is 2.13. The number of hydrogen-bond acceptors (Lipinski definition) is 5. The van der Waals surface area contributed by atoms with Crippen molar-refractivity contribution in [1.29, 1.82) is 0 Å². The Morgan fingerprint density at radius 1 is 1.44 bits per heavy atom.